The fraction of sp³-hybridized carbons (Fsp3) is 1.00. The van der Waals surface area contributed by atoms with Crippen LogP contribution in [0.3, 0.4) is 0 Å². The number of aliphatic hydroxyl groups is 3. The minimum atomic E-state index is -0.682. The van der Waals surface area contributed by atoms with Gasteiger partial charge in [-0.1, -0.05) is 56.0 Å². The molecule has 0 heterocycles. The normalized spacial score (nSPS) is 52.0. The van der Waals surface area contributed by atoms with Crippen LogP contribution < -0.4 is 0 Å². The van der Waals surface area contributed by atoms with Crippen molar-refractivity contribution in [3.8, 4) is 0 Å². The Hall–Kier alpha value is 0.670. The number of thioether (sulfide) groups is 1. The Morgan fingerprint density at radius 2 is 1.63 bits per heavy atom. The highest BCUT2D eigenvalue weighted by molar-refractivity contribution is 9.09. The summed E-state index contributed by atoms with van der Waals surface area (Å²) in [7, 11) is 0. The second-order valence-electron chi connectivity index (χ2n) is 13.5. The molecule has 0 amide bonds. The Labute approximate surface area is 225 Å². The van der Waals surface area contributed by atoms with Crippen LogP contribution in [0.4, 0.5) is 0 Å². The largest absolute Gasteiger partial charge is 0.393 e. The Morgan fingerprint density at radius 1 is 0.943 bits per heavy atom. The van der Waals surface area contributed by atoms with Gasteiger partial charge in [-0.2, -0.15) is 11.8 Å². The molecule has 0 aliphatic heterocycles. The summed E-state index contributed by atoms with van der Waals surface area (Å²) in [5, 5.41) is 34.9. The molecule has 5 saturated carbocycles. The minimum absolute atomic E-state index is 0.0240. The van der Waals surface area contributed by atoms with Gasteiger partial charge in [-0.05, 0) is 92.8 Å². The number of aliphatic hydroxyl groups excluding tert-OH is 3. The van der Waals surface area contributed by atoms with Gasteiger partial charge in [0.2, 0.25) is 0 Å². The van der Waals surface area contributed by atoms with Gasteiger partial charge in [0.15, 0.2) is 6.29 Å². The first kappa shape index (κ1) is 27.2. The lowest BCUT2D eigenvalue weighted by atomic mass is 9.46. The summed E-state index contributed by atoms with van der Waals surface area (Å²) >= 11 is 5.82. The van der Waals surface area contributed by atoms with Crippen LogP contribution in [0.15, 0.2) is 0 Å². The van der Waals surface area contributed by atoms with Gasteiger partial charge in [-0.25, -0.2) is 0 Å². The Bertz CT molecular complexity index is 725. The van der Waals surface area contributed by atoms with E-state index in [0.717, 1.165) is 51.4 Å². The maximum absolute atomic E-state index is 11.6. The molecule has 0 saturated heterocycles. The molecule has 5 rings (SSSR count). The summed E-state index contributed by atoms with van der Waals surface area (Å²) in [4.78, 5) is 0.579. The molecule has 0 radical (unpaired) electrons. The first-order valence-corrected chi connectivity index (χ1v) is 16.5. The highest BCUT2D eigenvalue weighted by Crippen LogP contribution is 2.67. The van der Waals surface area contributed by atoms with Crippen LogP contribution in [0.25, 0.3) is 0 Å². The molecule has 4 nitrogen and oxygen atoms in total. The van der Waals surface area contributed by atoms with Gasteiger partial charge >= 0.3 is 0 Å². The van der Waals surface area contributed by atoms with Crippen molar-refractivity contribution in [2.24, 2.45) is 34.5 Å². The monoisotopic (exact) mass is 572 g/mol. The Balaban J connectivity index is 1.36. The van der Waals surface area contributed by atoms with Crippen molar-refractivity contribution in [1.82, 2.24) is 0 Å². The topological polar surface area (TPSA) is 69.9 Å². The summed E-state index contributed by atoms with van der Waals surface area (Å²) in [5.74, 6) is 1.27. The van der Waals surface area contributed by atoms with Crippen LogP contribution in [-0.2, 0) is 4.74 Å². The van der Waals surface area contributed by atoms with Crippen LogP contribution >= 0.6 is 27.7 Å². The number of ether oxygens (including phenoxy) is 1. The number of hydrogen-bond acceptors (Lipinski definition) is 5. The quantitative estimate of drug-likeness (QED) is 0.267. The van der Waals surface area contributed by atoms with Crippen LogP contribution in [-0.4, -0.2) is 55.2 Å². The summed E-state index contributed by atoms with van der Waals surface area (Å²) in [6, 6.07) is 0. The van der Waals surface area contributed by atoms with E-state index in [1.54, 1.807) is 0 Å². The van der Waals surface area contributed by atoms with Crippen molar-refractivity contribution in [2.75, 3.05) is 0 Å². The third kappa shape index (κ3) is 5.16. The fourth-order valence-electron chi connectivity index (χ4n) is 9.10. The van der Waals surface area contributed by atoms with E-state index in [4.69, 9.17) is 4.74 Å². The van der Waals surface area contributed by atoms with Gasteiger partial charge in [0.05, 0.1) is 18.3 Å². The molecule has 10 unspecified atom stereocenters. The van der Waals surface area contributed by atoms with E-state index in [2.05, 4.69) is 48.5 Å². The third-order valence-corrected chi connectivity index (χ3v) is 14.1. The highest BCUT2D eigenvalue weighted by Gasteiger charge is 2.65. The second-order valence-corrected chi connectivity index (χ2v) is 16.3. The van der Waals surface area contributed by atoms with E-state index >= 15 is 0 Å². The van der Waals surface area contributed by atoms with Crippen molar-refractivity contribution in [1.29, 1.82) is 0 Å². The lowest BCUT2D eigenvalue weighted by molar-refractivity contribution is -0.225. The molecule has 0 aromatic heterocycles. The second kappa shape index (κ2) is 10.7. The molecule has 0 spiro atoms. The average Bonchev–Trinajstić information content (AvgIpc) is 3.05. The number of alkyl halides is 1. The molecule has 5 fully saturated rings. The lowest BCUT2D eigenvalue weighted by Crippen LogP contribution is -2.60. The molecule has 35 heavy (non-hydrogen) atoms. The zero-order valence-electron chi connectivity index (χ0n) is 22.1. The van der Waals surface area contributed by atoms with Crippen LogP contribution in [0, 0.1) is 34.5 Å². The van der Waals surface area contributed by atoms with E-state index in [1.165, 1.54) is 32.1 Å². The predicted molar refractivity (Wildman–Crippen MR) is 147 cm³/mol. The van der Waals surface area contributed by atoms with Crippen LogP contribution in [0.2, 0.25) is 0 Å². The molecular formula is C29H49BrO4S. The smallest absolute Gasteiger partial charge is 0.157 e. The molecular weight excluding hydrogens is 524 g/mol. The van der Waals surface area contributed by atoms with Gasteiger partial charge in [-0.15, -0.1) is 0 Å². The molecule has 5 aliphatic carbocycles. The number of halogens is 1. The predicted octanol–water partition coefficient (Wildman–Crippen LogP) is 6.28. The Morgan fingerprint density at radius 3 is 2.31 bits per heavy atom. The van der Waals surface area contributed by atoms with Gasteiger partial charge in [0, 0.05) is 21.2 Å². The van der Waals surface area contributed by atoms with Gasteiger partial charge in [0.25, 0.3) is 0 Å². The molecule has 202 valence electrons. The van der Waals surface area contributed by atoms with Crippen molar-refractivity contribution in [2.45, 2.75) is 144 Å². The standard InChI is InChI=1S/C29H49BrO4S/c1-17-13-20(34-27(33)18-9-11-19(30)12-10-18)14-22-25-26(35-21-7-5-4-6-8-21)23(31)15-28(25,2)16-24(32)29(17,22)3/h17-27,31-33H,4-16H2,1-3H3. The maximum atomic E-state index is 11.6. The molecule has 0 bridgehead atoms. The molecule has 0 aromatic rings. The third-order valence-electron chi connectivity index (χ3n) is 11.4. The van der Waals surface area contributed by atoms with Gasteiger partial charge in [0.1, 0.15) is 0 Å². The number of rotatable bonds is 5. The minimum Gasteiger partial charge on any atom is -0.393 e. The lowest BCUT2D eigenvalue weighted by Gasteiger charge is -2.61. The van der Waals surface area contributed by atoms with Crippen molar-refractivity contribution in [3.63, 3.8) is 0 Å². The van der Waals surface area contributed by atoms with Crippen molar-refractivity contribution >= 4 is 27.7 Å². The molecule has 0 aromatic carbocycles. The first-order chi connectivity index (χ1) is 16.6. The molecule has 5 aliphatic rings. The van der Waals surface area contributed by atoms with E-state index in [-0.39, 0.29) is 40.3 Å². The average molecular weight is 574 g/mol. The summed E-state index contributed by atoms with van der Waals surface area (Å²) in [5.41, 5.74) is -0.178. The fourth-order valence-corrected chi connectivity index (χ4v) is 11.6. The zero-order valence-corrected chi connectivity index (χ0v) is 24.5. The molecule has 3 N–H and O–H groups in total. The van der Waals surface area contributed by atoms with Gasteiger partial charge < -0.3 is 20.1 Å². The molecule has 10 atom stereocenters. The van der Waals surface area contributed by atoms with Crippen LogP contribution in [0.5, 0.6) is 0 Å². The van der Waals surface area contributed by atoms with Crippen LogP contribution in [0.1, 0.15) is 104 Å². The number of hydrogen-bond donors (Lipinski definition) is 3. The van der Waals surface area contributed by atoms with E-state index in [0.29, 0.717) is 27.8 Å². The summed E-state index contributed by atoms with van der Waals surface area (Å²) < 4.78 is 6.45. The Kier molecular flexibility index (Phi) is 8.31. The summed E-state index contributed by atoms with van der Waals surface area (Å²) in [6.45, 7) is 6.96. The maximum Gasteiger partial charge on any atom is 0.157 e. The number of fused-ring (bicyclic) bond motifs is 3. The van der Waals surface area contributed by atoms with E-state index < -0.39 is 6.29 Å². The highest BCUT2D eigenvalue weighted by atomic mass is 79.9. The first-order valence-electron chi connectivity index (χ1n) is 14.6. The van der Waals surface area contributed by atoms with Gasteiger partial charge in [-0.3, -0.25) is 0 Å². The van der Waals surface area contributed by atoms with E-state index in [1.807, 2.05) is 0 Å². The zero-order chi connectivity index (χ0) is 25.0. The summed E-state index contributed by atoms with van der Waals surface area (Å²) in [6.07, 6.45) is 13.0. The van der Waals surface area contributed by atoms with Crippen molar-refractivity contribution in [3.05, 3.63) is 0 Å². The van der Waals surface area contributed by atoms with E-state index in [9.17, 15) is 15.3 Å². The van der Waals surface area contributed by atoms with Crippen molar-refractivity contribution < 1.29 is 20.1 Å². The SMILES string of the molecule is CC1CC(OC(O)C2CCC(Br)CC2)CC2C3C(SC4CCCCC4)C(O)CC3(C)CC(O)C12C. The molecule has 6 heteroatoms.